The van der Waals surface area contributed by atoms with E-state index >= 15 is 0 Å². The van der Waals surface area contributed by atoms with Gasteiger partial charge >= 0.3 is 0 Å². The highest BCUT2D eigenvalue weighted by Gasteiger charge is 2.26. The van der Waals surface area contributed by atoms with Gasteiger partial charge in [-0.15, -0.1) is 0 Å². The van der Waals surface area contributed by atoms with Crippen LogP contribution in [0.25, 0.3) is 76.2 Å². The van der Waals surface area contributed by atoms with E-state index in [2.05, 4.69) is 0 Å². The first-order valence-corrected chi connectivity index (χ1v) is 19.6. The van der Waals surface area contributed by atoms with Crippen molar-refractivity contribution in [3.05, 3.63) is 205 Å². The molecule has 0 aliphatic heterocycles. The fourth-order valence-corrected chi connectivity index (χ4v) is 9.09. The molecule has 4 aromatic heterocycles. The average molecular weight is 781 g/mol. The summed E-state index contributed by atoms with van der Waals surface area (Å²) < 4.78 is 138. The summed E-state index contributed by atoms with van der Waals surface area (Å²) in [5.41, 5.74) is 4.67. The molecule has 0 N–H and O–H groups in total. The zero-order valence-electron chi connectivity index (χ0n) is 46.2. The van der Waals surface area contributed by atoms with Crippen LogP contribution in [0.1, 0.15) is 30.3 Å². The minimum absolute atomic E-state index is 0.00518. The van der Waals surface area contributed by atoms with Crippen molar-refractivity contribution in [1.29, 1.82) is 0 Å². The second-order valence-electron chi connectivity index (χ2n) is 15.2. The summed E-state index contributed by atoms with van der Waals surface area (Å²) >= 11 is 0. The molecule has 4 nitrogen and oxygen atoms in total. The first-order chi connectivity index (χ1) is 35.5. The van der Waals surface area contributed by atoms with Gasteiger partial charge in [-0.3, -0.25) is 0 Å². The van der Waals surface area contributed by atoms with E-state index in [0.29, 0.717) is 22.7 Å². The van der Waals surface area contributed by atoms with Crippen LogP contribution < -0.4 is 9.80 Å². The van der Waals surface area contributed by atoms with Crippen molar-refractivity contribution in [1.82, 2.24) is 8.80 Å². The topological polar surface area (TPSA) is 15.3 Å². The number of benzene rings is 9. The molecule has 60 heavy (non-hydrogen) atoms. The molecule has 4 heteroatoms. The molecule has 0 saturated carbocycles. The summed E-state index contributed by atoms with van der Waals surface area (Å²) in [4.78, 5) is 3.52. The second-order valence-corrected chi connectivity index (χ2v) is 15.2. The van der Waals surface area contributed by atoms with Crippen LogP contribution in [-0.4, -0.2) is 8.80 Å². The van der Waals surface area contributed by atoms with Gasteiger partial charge in [-0.25, -0.2) is 0 Å². The zero-order valence-corrected chi connectivity index (χ0v) is 32.2. The molecule has 0 aliphatic rings. The first-order valence-electron chi connectivity index (χ1n) is 26.6. The Balaban J connectivity index is 1.27. The molecule has 282 valence electrons. The van der Waals surface area contributed by atoms with Gasteiger partial charge < -0.3 is 18.6 Å². The largest absolute Gasteiger partial charge is 0.310 e. The third-order valence-corrected chi connectivity index (χ3v) is 11.7. The summed E-state index contributed by atoms with van der Waals surface area (Å²) in [6, 6.07) is 27.4. The zero-order chi connectivity index (χ0) is 51.8. The van der Waals surface area contributed by atoms with Crippen LogP contribution >= 0.6 is 0 Å². The molecule has 0 bridgehead atoms. The van der Waals surface area contributed by atoms with Gasteiger partial charge in [0.2, 0.25) is 0 Å². The van der Waals surface area contributed by atoms with Crippen molar-refractivity contribution in [3.8, 4) is 0 Å². The van der Waals surface area contributed by atoms with E-state index in [4.69, 9.17) is 0 Å². The highest BCUT2D eigenvalue weighted by Crippen LogP contribution is 2.50. The van der Waals surface area contributed by atoms with Crippen LogP contribution in [0.4, 0.5) is 34.1 Å². The van der Waals surface area contributed by atoms with Crippen molar-refractivity contribution >= 4 is 110 Å². The summed E-state index contributed by atoms with van der Waals surface area (Å²) in [5.74, 6) is 0. The number of rotatable bonds is 6. The smallest absolute Gasteiger partial charge is 0.0653 e. The van der Waals surface area contributed by atoms with E-state index in [-0.39, 0.29) is 112 Å². The van der Waals surface area contributed by atoms with Crippen molar-refractivity contribution in [2.75, 3.05) is 9.80 Å². The van der Waals surface area contributed by atoms with Gasteiger partial charge in [-0.2, -0.15) is 0 Å². The first kappa shape index (κ1) is 22.4. The predicted molar refractivity (Wildman–Crippen MR) is 255 cm³/mol. The third kappa shape index (κ3) is 4.50. The Hall–Kier alpha value is -7.82. The lowest BCUT2D eigenvalue weighted by Crippen LogP contribution is -2.10. The summed E-state index contributed by atoms with van der Waals surface area (Å²) in [6.45, 7) is 3.87. The standard InChI is InChI=1S/C56H38N4/c1-35-25-29-39(30-26-35)57(37-13-5-3-6-14-37)47-21-11-23-49-53(47)43-19-9-17-41-45-34-52-46(33-51(45)59(49)55(41)43)42-18-10-20-44-54-48(22-12-24-50(54)60(52)56(42)44)58(38-15-7-4-8-16-38)40-31-27-36(2)28-32-40/h3-34H,1-2H3/i9D,10D,11D,12D,17D,18D,19D,20D,21D,22D,23D,24D,33D,34D. The summed E-state index contributed by atoms with van der Waals surface area (Å²) in [5, 5.41) is 0.365. The van der Waals surface area contributed by atoms with Gasteiger partial charge in [0.25, 0.3) is 0 Å². The fraction of sp³-hybridized carbons (Fsp3) is 0.0357. The van der Waals surface area contributed by atoms with Gasteiger partial charge in [-0.05, 0) is 98.6 Å². The Morgan fingerprint density at radius 2 is 0.733 bits per heavy atom. The third-order valence-electron chi connectivity index (χ3n) is 11.7. The highest BCUT2D eigenvalue weighted by molar-refractivity contribution is 6.31. The minimum Gasteiger partial charge on any atom is -0.310 e. The van der Waals surface area contributed by atoms with Gasteiger partial charge in [0.15, 0.2) is 0 Å². The van der Waals surface area contributed by atoms with Crippen LogP contribution in [0.15, 0.2) is 194 Å². The van der Waals surface area contributed by atoms with Crippen LogP contribution in [-0.2, 0) is 0 Å². The number of aryl methyl sites for hydroxylation is 2. The number of fused-ring (bicyclic) bond motifs is 12. The molecule has 0 atom stereocenters. The van der Waals surface area contributed by atoms with E-state index in [1.165, 1.54) is 8.80 Å². The molecular formula is C56H38N4. The molecule has 13 rings (SSSR count). The van der Waals surface area contributed by atoms with Gasteiger partial charge in [0.1, 0.15) is 0 Å². The Morgan fingerprint density at radius 1 is 0.367 bits per heavy atom. The molecule has 13 aromatic rings. The van der Waals surface area contributed by atoms with E-state index in [9.17, 15) is 19.2 Å². The molecule has 0 saturated heterocycles. The lowest BCUT2D eigenvalue weighted by atomic mass is 10.0. The minimum atomic E-state index is -0.522. The van der Waals surface area contributed by atoms with E-state index in [0.717, 1.165) is 11.1 Å². The number of anilines is 6. The van der Waals surface area contributed by atoms with E-state index in [1.807, 2.05) is 123 Å². The van der Waals surface area contributed by atoms with Gasteiger partial charge in [0.05, 0.1) is 63.7 Å². The normalized spacial score (nSPS) is 15.4. The van der Waals surface area contributed by atoms with E-state index < -0.39 is 60.4 Å². The summed E-state index contributed by atoms with van der Waals surface area (Å²) in [6.07, 6.45) is 0. The van der Waals surface area contributed by atoms with Crippen LogP contribution in [0, 0.1) is 13.8 Å². The molecule has 9 aromatic carbocycles. The maximum Gasteiger partial charge on any atom is 0.0653 e. The molecule has 0 spiro atoms. The Bertz CT molecular complexity index is 4300. The lowest BCUT2D eigenvalue weighted by Gasteiger charge is -2.26. The van der Waals surface area contributed by atoms with E-state index in [1.54, 1.807) is 9.80 Å². The lowest BCUT2D eigenvalue weighted by molar-refractivity contribution is 1.29. The van der Waals surface area contributed by atoms with Crippen LogP contribution in [0.5, 0.6) is 0 Å². The molecule has 0 unspecified atom stereocenters. The number of para-hydroxylation sites is 4. The number of hydrogen-bond acceptors (Lipinski definition) is 2. The molecule has 4 heterocycles. The Kier molecular flexibility index (Phi) is 4.60. The molecular weight excluding hydrogens is 729 g/mol. The number of hydrogen-bond donors (Lipinski definition) is 0. The van der Waals surface area contributed by atoms with Gasteiger partial charge in [-0.1, -0.05) is 120 Å². The molecule has 0 amide bonds. The fourth-order valence-electron chi connectivity index (χ4n) is 9.09. The monoisotopic (exact) mass is 780 g/mol. The van der Waals surface area contributed by atoms with Gasteiger partial charge in [0, 0.05) is 65.8 Å². The highest BCUT2D eigenvalue weighted by atomic mass is 15.2. The van der Waals surface area contributed by atoms with Crippen molar-refractivity contribution in [2.24, 2.45) is 0 Å². The van der Waals surface area contributed by atoms with Crippen LogP contribution in [0.3, 0.4) is 0 Å². The number of aromatic nitrogens is 2. The quantitative estimate of drug-likeness (QED) is 0.167. The Labute approximate surface area is 366 Å². The van der Waals surface area contributed by atoms with Crippen LogP contribution in [0.2, 0.25) is 0 Å². The average Bonchev–Trinajstić information content (AvgIpc) is 4.23. The second kappa shape index (κ2) is 12.3. The molecule has 0 radical (unpaired) electrons. The SMILES string of the molecule is [2H]c1c([2H])c([2H])c2c(c1N(c1ccccc1)c1ccc(C)cc1)c1c([2H])c([2H])c([2H])c3c4c([2H])c5c(c([2H])c4n2c13)c1c([2H])c([2H])c([2H])c2c3c(N(c4ccccc4)c4ccc(C)cc4)c([2H])c([2H])c([2H])c3n5c21. The predicted octanol–water partition coefficient (Wildman–Crippen LogP) is 15.5. The van der Waals surface area contributed by atoms with Crippen molar-refractivity contribution in [3.63, 3.8) is 0 Å². The van der Waals surface area contributed by atoms with Crippen molar-refractivity contribution in [2.45, 2.75) is 13.8 Å². The molecule has 0 fully saturated rings. The number of nitrogens with zero attached hydrogens (tertiary/aromatic N) is 4. The molecule has 0 aliphatic carbocycles. The maximum atomic E-state index is 10.4. The van der Waals surface area contributed by atoms with Crippen molar-refractivity contribution < 1.29 is 19.2 Å². The summed E-state index contributed by atoms with van der Waals surface area (Å²) in [7, 11) is 0. The Morgan fingerprint density at radius 3 is 1.15 bits per heavy atom. The maximum absolute atomic E-state index is 10.4.